The lowest BCUT2D eigenvalue weighted by atomic mass is 9.86. The molecule has 47 heavy (non-hydrogen) atoms. The summed E-state index contributed by atoms with van der Waals surface area (Å²) in [5, 5.41) is 11.1. The molecule has 0 saturated heterocycles. The van der Waals surface area contributed by atoms with Gasteiger partial charge >= 0.3 is 0 Å². The fourth-order valence-corrected chi connectivity index (χ4v) is 7.71. The molecule has 1 heterocycles. The third-order valence-electron chi connectivity index (χ3n) is 9.71. The van der Waals surface area contributed by atoms with Crippen molar-refractivity contribution in [3.63, 3.8) is 0 Å². The van der Waals surface area contributed by atoms with Crippen molar-refractivity contribution in [1.29, 1.82) is 0 Å². The first kappa shape index (κ1) is 25.1. The Balaban J connectivity index is 1.26. The molecule has 1 heteroatoms. The van der Waals surface area contributed by atoms with Crippen molar-refractivity contribution in [2.24, 2.45) is 0 Å². The van der Waals surface area contributed by atoms with Gasteiger partial charge in [-0.1, -0.05) is 152 Å². The van der Waals surface area contributed by atoms with E-state index in [9.17, 15) is 0 Å². The molecule has 0 spiro atoms. The third kappa shape index (κ3) is 3.90. The topological polar surface area (TPSA) is 13.1 Å². The summed E-state index contributed by atoms with van der Waals surface area (Å²) in [6.07, 6.45) is 0. The Hall–Kier alpha value is -6.18. The molecule has 0 bridgehead atoms. The van der Waals surface area contributed by atoms with Gasteiger partial charge < -0.3 is 4.42 Å². The van der Waals surface area contributed by atoms with Crippen LogP contribution in [0.4, 0.5) is 0 Å². The molecule has 0 fully saturated rings. The van der Waals surface area contributed by atoms with E-state index in [1.54, 1.807) is 0 Å². The number of hydrogen-bond donors (Lipinski definition) is 0. The molecule has 1 aromatic heterocycles. The van der Waals surface area contributed by atoms with Crippen LogP contribution in [-0.2, 0) is 0 Å². The first-order chi connectivity index (χ1) is 23.8. The Morgan fingerprint density at radius 1 is 0.362 bits per heavy atom. The van der Waals surface area contributed by atoms with E-state index >= 15 is 0 Å². The van der Waals surface area contributed by atoms with Crippen molar-refractivity contribution >= 4 is 65.0 Å². The van der Waals surface area contributed by atoms with Crippen LogP contribution in [0.3, 0.4) is 0 Å². The molecule has 0 radical (unpaired) electrons. The Morgan fingerprint density at radius 3 is 1.49 bits per heavy atom. The van der Waals surface area contributed by atoms with E-state index in [1.165, 1.54) is 38.2 Å². The van der Waals surface area contributed by atoms with Crippen molar-refractivity contribution in [2.75, 3.05) is 0 Å². The van der Waals surface area contributed by atoms with Gasteiger partial charge in [-0.2, -0.15) is 0 Å². The minimum Gasteiger partial charge on any atom is -0.455 e. The van der Waals surface area contributed by atoms with Crippen LogP contribution in [0.5, 0.6) is 0 Å². The molecule has 0 amide bonds. The first-order valence-electron chi connectivity index (χ1n) is 16.6. The van der Waals surface area contributed by atoms with Gasteiger partial charge in [-0.05, 0) is 83.5 Å². The van der Waals surface area contributed by atoms with E-state index < -0.39 is 0 Å². The second-order valence-corrected chi connectivity index (χ2v) is 12.3. The molecule has 218 valence electrons. The second kappa shape index (κ2) is 10.2. The smallest absolute Gasteiger partial charge is 0.143 e. The fourth-order valence-electron chi connectivity index (χ4n) is 7.71. The van der Waals surface area contributed by atoms with Crippen LogP contribution in [-0.4, -0.2) is 0 Å². The van der Waals surface area contributed by atoms with Gasteiger partial charge in [-0.15, -0.1) is 0 Å². The maximum atomic E-state index is 9.00. The first-order valence-corrected chi connectivity index (χ1v) is 16.1. The summed E-state index contributed by atoms with van der Waals surface area (Å²) in [7, 11) is 0. The largest absolute Gasteiger partial charge is 0.455 e. The molecule has 9 aromatic carbocycles. The van der Waals surface area contributed by atoms with Crippen LogP contribution in [0.25, 0.3) is 98.4 Å². The summed E-state index contributed by atoms with van der Waals surface area (Å²) in [4.78, 5) is 0. The van der Waals surface area contributed by atoms with Crippen molar-refractivity contribution < 1.29 is 5.79 Å². The third-order valence-corrected chi connectivity index (χ3v) is 9.71. The van der Waals surface area contributed by atoms with Crippen molar-refractivity contribution in [3.8, 4) is 33.4 Å². The minimum atomic E-state index is 0.559. The zero-order chi connectivity index (χ0) is 31.8. The molecule has 0 atom stereocenters. The highest BCUT2D eigenvalue weighted by Crippen LogP contribution is 2.46. The normalized spacial score (nSPS) is 12.1. The van der Waals surface area contributed by atoms with Gasteiger partial charge in [-0.3, -0.25) is 0 Å². The number of rotatable bonds is 3. The van der Waals surface area contributed by atoms with Gasteiger partial charge in [0, 0.05) is 21.9 Å². The molecule has 0 aliphatic heterocycles. The van der Waals surface area contributed by atoms with E-state index in [2.05, 4.69) is 152 Å². The predicted octanol–water partition coefficient (Wildman–Crippen LogP) is 13.2. The van der Waals surface area contributed by atoms with Crippen molar-refractivity contribution in [2.45, 2.75) is 0 Å². The predicted molar refractivity (Wildman–Crippen MR) is 200 cm³/mol. The molecule has 1 nitrogen and oxygen atoms in total. The summed E-state index contributed by atoms with van der Waals surface area (Å²) < 4.78 is 15.9. The lowest BCUT2D eigenvalue weighted by Gasteiger charge is -2.17. The number of hydrogen-bond acceptors (Lipinski definition) is 1. The highest BCUT2D eigenvalue weighted by molar-refractivity contribution is 6.23. The highest BCUT2D eigenvalue weighted by Gasteiger charge is 2.20. The molecule has 0 aliphatic rings. The van der Waals surface area contributed by atoms with Gasteiger partial charge in [0.1, 0.15) is 11.2 Å². The molecule has 0 N–H and O–H groups in total. The Labute approximate surface area is 273 Å². The zero-order valence-electron chi connectivity index (χ0n) is 26.5. The van der Waals surface area contributed by atoms with Crippen LogP contribution in [0.1, 0.15) is 1.37 Å². The standard InChI is InChI=1S/C46H28O/c1-2-13-29(14-3-1)43-36-19-8-10-21-38(36)44(39-22-11-9-20-37(39)43)32-25-26-35-40-23-12-24-41(46(40)47-42(35)28-32)45-33-17-6-4-15-30(33)27-31-16-5-7-18-34(31)45/h1-28H/i27D. The average molecular weight is 598 g/mol. The summed E-state index contributed by atoms with van der Waals surface area (Å²) in [5.41, 5.74) is 8.70. The molecule has 10 aromatic rings. The van der Waals surface area contributed by atoms with Gasteiger partial charge in [0.15, 0.2) is 0 Å². The SMILES string of the molecule is [2H]c1c2ccccc2c(-c2cccc3c2oc2cc(-c4c5ccccc5c(-c5ccccc5)c5ccccc45)ccc23)c2ccccc12. The van der Waals surface area contributed by atoms with Gasteiger partial charge in [-0.25, -0.2) is 0 Å². The van der Waals surface area contributed by atoms with Crippen LogP contribution in [0.15, 0.2) is 174 Å². The van der Waals surface area contributed by atoms with Gasteiger partial charge in [0.05, 0.1) is 1.37 Å². The van der Waals surface area contributed by atoms with Crippen LogP contribution in [0, 0.1) is 0 Å². The molecule has 10 rings (SSSR count). The van der Waals surface area contributed by atoms with Crippen molar-refractivity contribution in [1.82, 2.24) is 0 Å². The maximum Gasteiger partial charge on any atom is 0.143 e. The van der Waals surface area contributed by atoms with Gasteiger partial charge in [0.25, 0.3) is 0 Å². The van der Waals surface area contributed by atoms with E-state index in [-0.39, 0.29) is 0 Å². The number of para-hydroxylation sites is 1. The summed E-state index contributed by atoms with van der Waals surface area (Å²) in [6, 6.07) is 58.5. The minimum absolute atomic E-state index is 0.559. The van der Waals surface area contributed by atoms with Crippen LogP contribution in [0.2, 0.25) is 0 Å². The fraction of sp³-hybridized carbons (Fsp3) is 0. The lowest BCUT2D eigenvalue weighted by Crippen LogP contribution is -1.90. The number of furan rings is 1. The van der Waals surface area contributed by atoms with Crippen molar-refractivity contribution in [3.05, 3.63) is 170 Å². The Morgan fingerprint density at radius 2 is 0.872 bits per heavy atom. The van der Waals surface area contributed by atoms with Crippen LogP contribution < -0.4 is 0 Å². The Bertz CT molecular complexity index is 2780. The van der Waals surface area contributed by atoms with E-state index in [4.69, 9.17) is 5.79 Å². The summed E-state index contributed by atoms with van der Waals surface area (Å²) in [6.45, 7) is 0. The van der Waals surface area contributed by atoms with Gasteiger partial charge in [0.2, 0.25) is 0 Å². The molecule has 0 saturated carbocycles. The summed E-state index contributed by atoms with van der Waals surface area (Å²) >= 11 is 0. The monoisotopic (exact) mass is 597 g/mol. The summed E-state index contributed by atoms with van der Waals surface area (Å²) in [5.74, 6) is 0. The Kier molecular flexibility index (Phi) is 5.42. The average Bonchev–Trinajstić information content (AvgIpc) is 3.53. The molecule has 0 aliphatic carbocycles. The molecule has 0 unspecified atom stereocenters. The zero-order valence-corrected chi connectivity index (χ0v) is 25.5. The number of benzene rings is 9. The second-order valence-electron chi connectivity index (χ2n) is 12.3. The molecular weight excluding hydrogens is 569 g/mol. The highest BCUT2D eigenvalue weighted by atomic mass is 16.3. The van der Waals surface area contributed by atoms with E-state index in [0.717, 1.165) is 60.2 Å². The number of fused-ring (bicyclic) bond motifs is 7. The molecular formula is C46H28O. The quantitative estimate of drug-likeness (QED) is 0.185. The lowest BCUT2D eigenvalue weighted by molar-refractivity contribution is 0.670. The van der Waals surface area contributed by atoms with E-state index in [0.29, 0.717) is 6.04 Å². The maximum absolute atomic E-state index is 9.00. The van der Waals surface area contributed by atoms with Crippen LogP contribution >= 0.6 is 0 Å². The van der Waals surface area contributed by atoms with E-state index in [1.807, 2.05) is 12.1 Å².